The zero-order valence-corrected chi connectivity index (χ0v) is 15.6. The van der Waals surface area contributed by atoms with E-state index in [9.17, 15) is 14.7 Å². The monoisotopic (exact) mass is 378 g/mol. The average molecular weight is 378 g/mol. The maximum absolute atomic E-state index is 13.0. The van der Waals surface area contributed by atoms with Crippen LogP contribution in [0.3, 0.4) is 0 Å². The van der Waals surface area contributed by atoms with Crippen molar-refractivity contribution in [3.8, 4) is 5.75 Å². The van der Waals surface area contributed by atoms with Gasteiger partial charge in [0.2, 0.25) is 0 Å². The SMILES string of the molecule is CCCCCn1c(=O)c(C(=O)N/N=C\c2cccnc2)c(O)c2ccccc21. The van der Waals surface area contributed by atoms with Gasteiger partial charge in [-0.1, -0.05) is 38.0 Å². The average Bonchev–Trinajstić information content (AvgIpc) is 2.71. The lowest BCUT2D eigenvalue weighted by Crippen LogP contribution is -2.31. The van der Waals surface area contributed by atoms with Gasteiger partial charge in [-0.05, 0) is 24.6 Å². The van der Waals surface area contributed by atoms with Gasteiger partial charge in [0.1, 0.15) is 11.3 Å². The lowest BCUT2D eigenvalue weighted by atomic mass is 10.1. The highest BCUT2D eigenvalue weighted by Gasteiger charge is 2.21. The predicted octanol–water partition coefficient (Wildman–Crippen LogP) is 3.06. The summed E-state index contributed by atoms with van der Waals surface area (Å²) in [6, 6.07) is 10.5. The maximum Gasteiger partial charge on any atom is 0.280 e. The molecule has 7 nitrogen and oxygen atoms in total. The van der Waals surface area contributed by atoms with Crippen LogP contribution in [0.2, 0.25) is 0 Å². The van der Waals surface area contributed by atoms with Crippen molar-refractivity contribution < 1.29 is 9.90 Å². The van der Waals surface area contributed by atoms with E-state index in [0.717, 1.165) is 19.3 Å². The Morgan fingerprint density at radius 1 is 1.25 bits per heavy atom. The van der Waals surface area contributed by atoms with Gasteiger partial charge in [-0.3, -0.25) is 14.6 Å². The van der Waals surface area contributed by atoms with Crippen LogP contribution in [0, 0.1) is 0 Å². The van der Waals surface area contributed by atoms with E-state index in [1.807, 2.05) is 0 Å². The molecule has 0 spiro atoms. The Balaban J connectivity index is 1.96. The molecule has 0 saturated carbocycles. The molecule has 2 N–H and O–H groups in total. The third-order valence-corrected chi connectivity index (χ3v) is 4.42. The van der Waals surface area contributed by atoms with Crippen molar-refractivity contribution in [2.24, 2.45) is 5.10 Å². The maximum atomic E-state index is 13.0. The molecule has 0 radical (unpaired) electrons. The lowest BCUT2D eigenvalue weighted by molar-refractivity contribution is 0.0950. The number of amides is 1. The highest BCUT2D eigenvalue weighted by molar-refractivity contribution is 6.02. The Labute approximate surface area is 162 Å². The first-order valence-electron chi connectivity index (χ1n) is 9.21. The third-order valence-electron chi connectivity index (χ3n) is 4.42. The summed E-state index contributed by atoms with van der Waals surface area (Å²) in [5.41, 5.74) is 2.79. The summed E-state index contributed by atoms with van der Waals surface area (Å²) >= 11 is 0. The molecular weight excluding hydrogens is 356 g/mol. The molecule has 2 aromatic heterocycles. The van der Waals surface area contributed by atoms with Crippen LogP contribution in [0.25, 0.3) is 10.9 Å². The first-order valence-corrected chi connectivity index (χ1v) is 9.21. The van der Waals surface area contributed by atoms with E-state index >= 15 is 0 Å². The van der Waals surface area contributed by atoms with Crippen LogP contribution in [-0.4, -0.2) is 26.8 Å². The van der Waals surface area contributed by atoms with Gasteiger partial charge in [0.05, 0.1) is 11.7 Å². The highest BCUT2D eigenvalue weighted by atomic mass is 16.3. The van der Waals surface area contributed by atoms with Crippen molar-refractivity contribution in [2.45, 2.75) is 32.7 Å². The van der Waals surface area contributed by atoms with Crippen LogP contribution < -0.4 is 11.0 Å². The van der Waals surface area contributed by atoms with Crippen LogP contribution in [0.1, 0.15) is 42.1 Å². The zero-order chi connectivity index (χ0) is 19.9. The standard InChI is InChI=1S/C21H22N4O3/c1-2-3-6-12-25-17-10-5-4-9-16(17)19(26)18(21(25)28)20(27)24-23-14-15-8-7-11-22-13-15/h4-5,7-11,13-14,26H,2-3,6,12H2,1H3,(H,24,27)/b23-14-. The fourth-order valence-electron chi connectivity index (χ4n) is 3.01. The Hall–Kier alpha value is -3.48. The van der Waals surface area contributed by atoms with Crippen LogP contribution in [0.4, 0.5) is 0 Å². The molecule has 2 heterocycles. The van der Waals surface area contributed by atoms with Crippen LogP contribution in [-0.2, 0) is 6.54 Å². The van der Waals surface area contributed by atoms with E-state index in [0.29, 0.717) is 23.0 Å². The Kier molecular flexibility index (Phi) is 6.16. The van der Waals surface area contributed by atoms with Crippen LogP contribution in [0.15, 0.2) is 58.7 Å². The first-order chi connectivity index (χ1) is 13.6. The molecule has 0 unspecified atom stereocenters. The number of pyridine rings is 2. The summed E-state index contributed by atoms with van der Waals surface area (Å²) in [6.07, 6.45) is 7.43. The normalized spacial score (nSPS) is 11.2. The number of hydrogen-bond donors (Lipinski definition) is 2. The third kappa shape index (κ3) is 4.09. The van der Waals surface area contributed by atoms with Gasteiger partial charge in [0.15, 0.2) is 0 Å². The fourth-order valence-corrected chi connectivity index (χ4v) is 3.01. The highest BCUT2D eigenvalue weighted by Crippen LogP contribution is 2.26. The summed E-state index contributed by atoms with van der Waals surface area (Å²) < 4.78 is 1.55. The van der Waals surface area contributed by atoms with Crippen molar-refractivity contribution in [1.82, 2.24) is 15.0 Å². The molecule has 0 fully saturated rings. The van der Waals surface area contributed by atoms with Gasteiger partial charge >= 0.3 is 0 Å². The quantitative estimate of drug-likeness (QED) is 0.375. The number of aromatic hydroxyl groups is 1. The largest absolute Gasteiger partial charge is 0.506 e. The van der Waals surface area contributed by atoms with Crippen molar-refractivity contribution in [1.29, 1.82) is 0 Å². The van der Waals surface area contributed by atoms with Crippen molar-refractivity contribution in [2.75, 3.05) is 0 Å². The fraction of sp³-hybridized carbons (Fsp3) is 0.238. The van der Waals surface area contributed by atoms with Gasteiger partial charge in [0, 0.05) is 29.9 Å². The number of unbranched alkanes of at least 4 members (excludes halogenated alkanes) is 2. The molecule has 28 heavy (non-hydrogen) atoms. The van der Waals surface area contributed by atoms with Crippen LogP contribution in [0.5, 0.6) is 5.75 Å². The van der Waals surface area contributed by atoms with E-state index in [1.54, 1.807) is 53.4 Å². The summed E-state index contributed by atoms with van der Waals surface area (Å²) in [7, 11) is 0. The van der Waals surface area contributed by atoms with Gasteiger partial charge in [-0.2, -0.15) is 5.10 Å². The minimum Gasteiger partial charge on any atom is -0.506 e. The number of nitrogens with one attached hydrogen (secondary N) is 1. The number of aryl methyl sites for hydroxylation is 1. The van der Waals surface area contributed by atoms with E-state index < -0.39 is 11.5 Å². The number of fused-ring (bicyclic) bond motifs is 1. The van der Waals surface area contributed by atoms with Crippen molar-refractivity contribution >= 4 is 23.0 Å². The first kappa shape index (κ1) is 19.3. The smallest absolute Gasteiger partial charge is 0.280 e. The number of aromatic nitrogens is 2. The number of benzene rings is 1. The predicted molar refractivity (Wildman–Crippen MR) is 109 cm³/mol. The molecule has 0 saturated heterocycles. The molecule has 7 heteroatoms. The van der Waals surface area contributed by atoms with Gasteiger partial charge in [0.25, 0.3) is 11.5 Å². The topological polar surface area (TPSA) is 96.6 Å². The van der Waals surface area contributed by atoms with Crippen molar-refractivity contribution in [3.05, 3.63) is 70.3 Å². The minimum absolute atomic E-state index is 0.307. The number of carbonyl (C=O) groups is 1. The number of nitrogens with zero attached hydrogens (tertiary/aromatic N) is 3. The molecule has 3 aromatic rings. The van der Waals surface area contributed by atoms with Crippen molar-refractivity contribution in [3.63, 3.8) is 0 Å². The number of carbonyl (C=O) groups excluding carboxylic acids is 1. The molecule has 0 aliphatic carbocycles. The zero-order valence-electron chi connectivity index (χ0n) is 15.6. The second-order valence-electron chi connectivity index (χ2n) is 6.39. The Morgan fingerprint density at radius 2 is 2.07 bits per heavy atom. The molecular formula is C21H22N4O3. The molecule has 0 bridgehead atoms. The molecule has 3 rings (SSSR count). The molecule has 144 valence electrons. The summed E-state index contributed by atoms with van der Waals surface area (Å²) in [4.78, 5) is 29.5. The van der Waals surface area contributed by atoms with E-state index in [2.05, 4.69) is 22.4 Å². The Morgan fingerprint density at radius 3 is 2.82 bits per heavy atom. The Bertz CT molecular complexity index is 1060. The number of hydrazone groups is 1. The lowest BCUT2D eigenvalue weighted by Gasteiger charge is -2.14. The van der Waals surface area contributed by atoms with Gasteiger partial charge in [-0.15, -0.1) is 0 Å². The van der Waals surface area contributed by atoms with E-state index in [4.69, 9.17) is 0 Å². The number of para-hydroxylation sites is 1. The van der Waals surface area contributed by atoms with E-state index in [-0.39, 0.29) is 11.3 Å². The molecule has 1 amide bonds. The second kappa shape index (κ2) is 8.94. The number of rotatable bonds is 7. The minimum atomic E-state index is -0.752. The molecule has 0 aliphatic rings. The number of hydrogen-bond acceptors (Lipinski definition) is 5. The summed E-state index contributed by atoms with van der Waals surface area (Å²) in [6.45, 7) is 2.56. The van der Waals surface area contributed by atoms with Crippen LogP contribution >= 0.6 is 0 Å². The molecule has 0 aliphatic heterocycles. The summed E-state index contributed by atoms with van der Waals surface area (Å²) in [5.74, 6) is -1.08. The van der Waals surface area contributed by atoms with E-state index in [1.165, 1.54) is 6.21 Å². The molecule has 0 atom stereocenters. The molecule has 1 aromatic carbocycles. The second-order valence-corrected chi connectivity index (χ2v) is 6.39. The summed E-state index contributed by atoms with van der Waals surface area (Å²) in [5, 5.41) is 14.9. The van der Waals surface area contributed by atoms with Gasteiger partial charge in [-0.25, -0.2) is 5.43 Å². The van der Waals surface area contributed by atoms with Gasteiger partial charge < -0.3 is 9.67 Å².